The molecule has 20 heavy (non-hydrogen) atoms. The van der Waals surface area contributed by atoms with Gasteiger partial charge in [0.05, 0.1) is 24.3 Å². The number of hydrogen-bond donors (Lipinski definition) is 0. The lowest BCUT2D eigenvalue weighted by atomic mass is 9.85. The predicted molar refractivity (Wildman–Crippen MR) is 72.9 cm³/mol. The highest BCUT2D eigenvalue weighted by Crippen LogP contribution is 2.29. The average Bonchev–Trinajstić information content (AvgIpc) is 2.47. The molecule has 2 bridgehead atoms. The van der Waals surface area contributed by atoms with Crippen molar-refractivity contribution < 1.29 is 19.1 Å². The average molecular weight is 274 g/mol. The number of carbonyl (C=O) groups excluding carboxylic acids is 2. The Bertz CT molecular complexity index is 499. The van der Waals surface area contributed by atoms with Gasteiger partial charge in [0.15, 0.2) is 0 Å². The van der Waals surface area contributed by atoms with Crippen LogP contribution in [0, 0.1) is 0 Å². The lowest BCUT2D eigenvalue weighted by Gasteiger charge is -2.22. The summed E-state index contributed by atoms with van der Waals surface area (Å²) in [7, 11) is 0. The molecule has 0 unspecified atom stereocenters. The summed E-state index contributed by atoms with van der Waals surface area (Å²) in [5.74, 6) is -0.521. The summed E-state index contributed by atoms with van der Waals surface area (Å²) in [4.78, 5) is 24.3. The van der Waals surface area contributed by atoms with Gasteiger partial charge in [-0.15, -0.1) is 0 Å². The Morgan fingerprint density at radius 2 is 1.15 bits per heavy atom. The van der Waals surface area contributed by atoms with Crippen LogP contribution in [-0.4, -0.2) is 25.2 Å². The SMILES string of the molecule is O=C1OCCCCOC(=O)c2ccc1c1c2CCCC1. The molecule has 1 aliphatic heterocycles. The highest BCUT2D eigenvalue weighted by atomic mass is 16.5. The van der Waals surface area contributed by atoms with E-state index in [1.807, 2.05) is 0 Å². The Kier molecular flexibility index (Phi) is 3.72. The molecule has 0 spiro atoms. The second kappa shape index (κ2) is 5.65. The zero-order chi connectivity index (χ0) is 13.9. The molecule has 0 amide bonds. The Hall–Kier alpha value is -1.84. The molecule has 1 aromatic rings. The van der Waals surface area contributed by atoms with E-state index in [0.717, 1.165) is 49.7 Å². The van der Waals surface area contributed by atoms with Crippen LogP contribution in [0.25, 0.3) is 0 Å². The van der Waals surface area contributed by atoms with Crippen LogP contribution in [0.5, 0.6) is 0 Å². The summed E-state index contributed by atoms with van der Waals surface area (Å²) in [5.41, 5.74) is 3.21. The van der Waals surface area contributed by atoms with E-state index in [0.29, 0.717) is 24.3 Å². The topological polar surface area (TPSA) is 52.6 Å². The van der Waals surface area contributed by atoms with Crippen LogP contribution >= 0.6 is 0 Å². The number of benzene rings is 1. The molecule has 1 heterocycles. The van der Waals surface area contributed by atoms with Crippen LogP contribution in [0.4, 0.5) is 0 Å². The smallest absolute Gasteiger partial charge is 0.338 e. The molecule has 1 aromatic carbocycles. The van der Waals surface area contributed by atoms with Crippen LogP contribution in [0.2, 0.25) is 0 Å². The molecule has 4 heteroatoms. The van der Waals surface area contributed by atoms with Crippen molar-refractivity contribution in [2.45, 2.75) is 38.5 Å². The molecule has 1 aliphatic carbocycles. The van der Waals surface area contributed by atoms with E-state index in [-0.39, 0.29) is 11.9 Å². The molecule has 106 valence electrons. The molecular weight excluding hydrogens is 256 g/mol. The van der Waals surface area contributed by atoms with Gasteiger partial charge < -0.3 is 9.47 Å². The largest absolute Gasteiger partial charge is 0.462 e. The molecule has 3 rings (SSSR count). The van der Waals surface area contributed by atoms with Crippen LogP contribution < -0.4 is 0 Å². The third-order valence-electron chi connectivity index (χ3n) is 3.98. The molecular formula is C16H18O4. The first-order chi connectivity index (χ1) is 9.77. The number of hydrogen-bond acceptors (Lipinski definition) is 4. The maximum atomic E-state index is 12.2. The first kappa shape index (κ1) is 13.2. The van der Waals surface area contributed by atoms with E-state index >= 15 is 0 Å². The van der Waals surface area contributed by atoms with Crippen molar-refractivity contribution >= 4 is 11.9 Å². The van der Waals surface area contributed by atoms with Crippen molar-refractivity contribution in [2.24, 2.45) is 0 Å². The monoisotopic (exact) mass is 274 g/mol. The Morgan fingerprint density at radius 1 is 0.700 bits per heavy atom. The number of carbonyl (C=O) groups is 2. The van der Waals surface area contributed by atoms with Gasteiger partial charge in [0.25, 0.3) is 0 Å². The maximum absolute atomic E-state index is 12.2. The van der Waals surface area contributed by atoms with Crippen molar-refractivity contribution in [2.75, 3.05) is 13.2 Å². The minimum atomic E-state index is -0.261. The van der Waals surface area contributed by atoms with Crippen molar-refractivity contribution in [1.29, 1.82) is 0 Å². The van der Waals surface area contributed by atoms with Crippen LogP contribution in [0.1, 0.15) is 57.5 Å². The third kappa shape index (κ3) is 2.42. The Morgan fingerprint density at radius 3 is 1.60 bits per heavy atom. The van der Waals surface area contributed by atoms with Crippen LogP contribution in [-0.2, 0) is 22.3 Å². The molecule has 2 aliphatic rings. The lowest BCUT2D eigenvalue weighted by Crippen LogP contribution is -2.19. The van der Waals surface area contributed by atoms with Crippen molar-refractivity contribution in [3.8, 4) is 0 Å². The molecule has 0 saturated carbocycles. The van der Waals surface area contributed by atoms with Gasteiger partial charge in [-0.05, 0) is 61.8 Å². The second-order valence-corrected chi connectivity index (χ2v) is 5.30. The van der Waals surface area contributed by atoms with Gasteiger partial charge in [-0.2, -0.15) is 0 Å². The molecule has 0 saturated heterocycles. The van der Waals surface area contributed by atoms with Gasteiger partial charge in [0.2, 0.25) is 0 Å². The fraction of sp³-hybridized carbons (Fsp3) is 0.500. The molecule has 0 N–H and O–H groups in total. The first-order valence-corrected chi connectivity index (χ1v) is 7.26. The minimum absolute atomic E-state index is 0.261. The summed E-state index contributed by atoms with van der Waals surface area (Å²) >= 11 is 0. The zero-order valence-electron chi connectivity index (χ0n) is 11.4. The number of esters is 2. The third-order valence-corrected chi connectivity index (χ3v) is 3.98. The molecule has 0 atom stereocenters. The maximum Gasteiger partial charge on any atom is 0.338 e. The van der Waals surface area contributed by atoms with E-state index < -0.39 is 0 Å². The number of cyclic esters (lactones) is 2. The van der Waals surface area contributed by atoms with Gasteiger partial charge in [0.1, 0.15) is 0 Å². The van der Waals surface area contributed by atoms with Crippen molar-refractivity contribution in [3.05, 3.63) is 34.4 Å². The second-order valence-electron chi connectivity index (χ2n) is 5.30. The predicted octanol–water partition coefficient (Wildman–Crippen LogP) is 2.67. The standard InChI is InChI=1S/C16H18O4/c17-15-13-7-8-14(12-6-2-1-5-11(12)13)16(18)20-10-4-3-9-19-15/h7-8H,1-6,9-10H2. The number of ether oxygens (including phenoxy) is 2. The van der Waals surface area contributed by atoms with Gasteiger partial charge >= 0.3 is 11.9 Å². The fourth-order valence-electron chi connectivity index (χ4n) is 2.94. The lowest BCUT2D eigenvalue weighted by molar-refractivity contribution is 0.0424. The van der Waals surface area contributed by atoms with Gasteiger partial charge in [0, 0.05) is 0 Å². The number of rotatable bonds is 0. The first-order valence-electron chi connectivity index (χ1n) is 7.26. The normalized spacial score (nSPS) is 19.4. The van der Waals surface area contributed by atoms with E-state index in [4.69, 9.17) is 9.47 Å². The summed E-state index contributed by atoms with van der Waals surface area (Å²) in [5, 5.41) is 0. The number of fused-ring (bicyclic) bond motifs is 6. The minimum Gasteiger partial charge on any atom is -0.462 e. The summed E-state index contributed by atoms with van der Waals surface area (Å²) in [6.07, 6.45) is 5.20. The van der Waals surface area contributed by atoms with Crippen LogP contribution in [0.3, 0.4) is 0 Å². The molecule has 0 aromatic heterocycles. The van der Waals surface area contributed by atoms with Crippen LogP contribution in [0.15, 0.2) is 12.1 Å². The Balaban J connectivity index is 2.09. The van der Waals surface area contributed by atoms with E-state index in [9.17, 15) is 9.59 Å². The molecule has 0 radical (unpaired) electrons. The summed E-state index contributed by atoms with van der Waals surface area (Å²) in [6.45, 7) is 0.764. The quantitative estimate of drug-likeness (QED) is 0.682. The summed E-state index contributed by atoms with van der Waals surface area (Å²) < 4.78 is 10.6. The molecule has 4 nitrogen and oxygen atoms in total. The van der Waals surface area contributed by atoms with Crippen molar-refractivity contribution in [1.82, 2.24) is 0 Å². The van der Waals surface area contributed by atoms with Crippen molar-refractivity contribution in [3.63, 3.8) is 0 Å². The zero-order valence-corrected chi connectivity index (χ0v) is 11.4. The van der Waals surface area contributed by atoms with E-state index in [1.165, 1.54) is 0 Å². The van der Waals surface area contributed by atoms with Gasteiger partial charge in [-0.3, -0.25) is 0 Å². The molecule has 0 fully saturated rings. The fourth-order valence-corrected chi connectivity index (χ4v) is 2.94. The summed E-state index contributed by atoms with van der Waals surface area (Å²) in [6, 6.07) is 3.43. The van der Waals surface area contributed by atoms with E-state index in [1.54, 1.807) is 12.1 Å². The Labute approximate surface area is 118 Å². The highest BCUT2D eigenvalue weighted by molar-refractivity contribution is 5.96. The van der Waals surface area contributed by atoms with Gasteiger partial charge in [-0.1, -0.05) is 0 Å². The highest BCUT2D eigenvalue weighted by Gasteiger charge is 2.25. The van der Waals surface area contributed by atoms with E-state index in [2.05, 4.69) is 0 Å². The van der Waals surface area contributed by atoms with Gasteiger partial charge in [-0.25, -0.2) is 9.59 Å².